The van der Waals surface area contributed by atoms with Gasteiger partial charge in [0, 0.05) is 5.56 Å². The Hall–Kier alpha value is -1.27. The molecule has 1 atom stereocenters. The third-order valence-corrected chi connectivity index (χ3v) is 3.49. The van der Waals surface area contributed by atoms with Crippen LogP contribution in [0.15, 0.2) is 10.5 Å². The summed E-state index contributed by atoms with van der Waals surface area (Å²) in [7, 11) is 0. The molecule has 0 saturated carbocycles. The zero-order chi connectivity index (χ0) is 13.3. The molecule has 1 aromatic carbocycles. The van der Waals surface area contributed by atoms with Crippen LogP contribution in [0.1, 0.15) is 18.1 Å². The lowest BCUT2D eigenvalue weighted by molar-refractivity contribution is -0.138. The zero-order valence-electron chi connectivity index (χ0n) is 9.90. The number of hydrogen-bond donors (Lipinski definition) is 2. The van der Waals surface area contributed by atoms with Gasteiger partial charge in [0.05, 0.1) is 4.47 Å². The number of hydrogen-bond acceptors (Lipinski definition) is 4. The Morgan fingerprint density at radius 1 is 1.56 bits per heavy atom. The minimum atomic E-state index is -1.01. The van der Waals surface area contributed by atoms with Crippen molar-refractivity contribution in [2.75, 3.05) is 6.79 Å². The van der Waals surface area contributed by atoms with E-state index in [1.165, 1.54) is 0 Å². The number of nitrogens with two attached hydrogens (primary N) is 1. The minimum Gasteiger partial charge on any atom is -0.480 e. The first kappa shape index (κ1) is 13.2. The summed E-state index contributed by atoms with van der Waals surface area (Å²) in [5.41, 5.74) is 7.42. The molecule has 0 aromatic heterocycles. The maximum atomic E-state index is 10.8. The number of carboxylic acids is 1. The van der Waals surface area contributed by atoms with E-state index in [1.807, 2.05) is 13.0 Å². The van der Waals surface area contributed by atoms with Gasteiger partial charge in [0.1, 0.15) is 6.04 Å². The maximum absolute atomic E-state index is 10.8. The number of rotatable bonds is 4. The lowest BCUT2D eigenvalue weighted by Crippen LogP contribution is -2.32. The van der Waals surface area contributed by atoms with Gasteiger partial charge in [-0.15, -0.1) is 0 Å². The van der Waals surface area contributed by atoms with E-state index in [9.17, 15) is 4.79 Å². The van der Waals surface area contributed by atoms with Crippen LogP contribution in [0, 0.1) is 0 Å². The fraction of sp³-hybridized carbons (Fsp3) is 0.417. The highest BCUT2D eigenvalue weighted by atomic mass is 79.9. The van der Waals surface area contributed by atoms with Crippen molar-refractivity contribution in [3.63, 3.8) is 0 Å². The molecule has 1 aliphatic heterocycles. The summed E-state index contributed by atoms with van der Waals surface area (Å²) >= 11 is 3.40. The van der Waals surface area contributed by atoms with Gasteiger partial charge in [-0.25, -0.2) is 0 Å². The molecule has 0 spiro atoms. The molecule has 0 aliphatic carbocycles. The van der Waals surface area contributed by atoms with Gasteiger partial charge < -0.3 is 20.3 Å². The number of fused-ring (bicyclic) bond motifs is 1. The van der Waals surface area contributed by atoms with Crippen molar-refractivity contribution >= 4 is 21.9 Å². The van der Waals surface area contributed by atoms with Gasteiger partial charge >= 0.3 is 5.97 Å². The van der Waals surface area contributed by atoms with Crippen LogP contribution < -0.4 is 15.2 Å². The standard InChI is InChI=1S/C12H14BrNO4/c1-2-7-6(4-9(14)12(15)16)3-8(13)11-10(7)17-5-18-11/h3,9H,2,4-5,14H2,1H3,(H,15,16). The van der Waals surface area contributed by atoms with Crippen LogP contribution in [0.4, 0.5) is 0 Å². The summed E-state index contributed by atoms with van der Waals surface area (Å²) in [5.74, 6) is 0.366. The topological polar surface area (TPSA) is 81.8 Å². The summed E-state index contributed by atoms with van der Waals surface area (Å²) in [6.45, 7) is 2.18. The van der Waals surface area contributed by atoms with E-state index in [1.54, 1.807) is 0 Å². The largest absolute Gasteiger partial charge is 0.480 e. The van der Waals surface area contributed by atoms with Gasteiger partial charge in [-0.05, 0) is 40.4 Å². The molecular weight excluding hydrogens is 302 g/mol. The van der Waals surface area contributed by atoms with E-state index >= 15 is 0 Å². The third-order valence-electron chi connectivity index (χ3n) is 2.90. The predicted octanol–water partition coefficient (Wildman–Crippen LogP) is 1.69. The Balaban J connectivity index is 2.41. The summed E-state index contributed by atoms with van der Waals surface area (Å²) in [4.78, 5) is 10.8. The molecule has 0 bridgehead atoms. The van der Waals surface area contributed by atoms with Gasteiger partial charge in [0.2, 0.25) is 6.79 Å². The average Bonchev–Trinajstić information content (AvgIpc) is 2.78. The highest BCUT2D eigenvalue weighted by Crippen LogP contribution is 2.44. The molecule has 1 heterocycles. The number of aliphatic carboxylic acids is 1. The van der Waals surface area contributed by atoms with Gasteiger partial charge in [0.15, 0.2) is 11.5 Å². The molecule has 0 fully saturated rings. The average molecular weight is 316 g/mol. The van der Waals surface area contributed by atoms with Crippen molar-refractivity contribution in [3.8, 4) is 11.5 Å². The van der Waals surface area contributed by atoms with Gasteiger partial charge in [-0.2, -0.15) is 0 Å². The van der Waals surface area contributed by atoms with Crippen molar-refractivity contribution in [3.05, 3.63) is 21.7 Å². The second-order valence-corrected chi connectivity index (χ2v) is 4.92. The van der Waals surface area contributed by atoms with Crippen molar-refractivity contribution in [2.24, 2.45) is 5.73 Å². The number of halogens is 1. The van der Waals surface area contributed by atoms with Crippen molar-refractivity contribution in [2.45, 2.75) is 25.8 Å². The highest BCUT2D eigenvalue weighted by molar-refractivity contribution is 9.10. The predicted molar refractivity (Wildman–Crippen MR) is 69.0 cm³/mol. The van der Waals surface area contributed by atoms with Crippen LogP contribution in [0.3, 0.4) is 0 Å². The van der Waals surface area contributed by atoms with Crippen LogP contribution in [0.25, 0.3) is 0 Å². The molecule has 2 rings (SSSR count). The lowest BCUT2D eigenvalue weighted by Gasteiger charge is -2.14. The lowest BCUT2D eigenvalue weighted by atomic mass is 9.97. The van der Waals surface area contributed by atoms with E-state index in [0.717, 1.165) is 22.0 Å². The molecule has 0 amide bonds. The van der Waals surface area contributed by atoms with Gasteiger partial charge in [-0.1, -0.05) is 6.92 Å². The van der Waals surface area contributed by atoms with Crippen LogP contribution in [-0.4, -0.2) is 23.9 Å². The normalized spacial score (nSPS) is 14.6. The molecule has 0 radical (unpaired) electrons. The molecule has 5 nitrogen and oxygen atoms in total. The second kappa shape index (κ2) is 5.16. The molecule has 1 unspecified atom stereocenters. The van der Waals surface area contributed by atoms with Crippen LogP contribution in [0.2, 0.25) is 0 Å². The molecule has 0 saturated heterocycles. The van der Waals surface area contributed by atoms with E-state index in [2.05, 4.69) is 15.9 Å². The number of carboxylic acid groups (broad SMARTS) is 1. The molecule has 18 heavy (non-hydrogen) atoms. The van der Waals surface area contributed by atoms with E-state index in [-0.39, 0.29) is 13.2 Å². The minimum absolute atomic E-state index is 0.190. The summed E-state index contributed by atoms with van der Waals surface area (Å²) < 4.78 is 11.6. The smallest absolute Gasteiger partial charge is 0.320 e. The SMILES string of the molecule is CCc1c(CC(N)C(=O)O)cc(Br)c2c1OCO2. The van der Waals surface area contributed by atoms with E-state index in [4.69, 9.17) is 20.3 Å². The summed E-state index contributed by atoms with van der Waals surface area (Å²) in [6, 6.07) is 0.942. The molecule has 6 heteroatoms. The highest BCUT2D eigenvalue weighted by Gasteiger charge is 2.25. The number of benzene rings is 1. The first-order chi connectivity index (χ1) is 8.54. The Kier molecular flexibility index (Phi) is 3.77. The Morgan fingerprint density at radius 2 is 2.22 bits per heavy atom. The maximum Gasteiger partial charge on any atom is 0.320 e. The monoisotopic (exact) mass is 315 g/mol. The molecule has 1 aromatic rings. The fourth-order valence-corrected chi connectivity index (χ4v) is 2.60. The van der Waals surface area contributed by atoms with Gasteiger partial charge in [-0.3, -0.25) is 4.79 Å². The van der Waals surface area contributed by atoms with E-state index in [0.29, 0.717) is 11.5 Å². The second-order valence-electron chi connectivity index (χ2n) is 4.06. The van der Waals surface area contributed by atoms with Gasteiger partial charge in [0.25, 0.3) is 0 Å². The third kappa shape index (κ3) is 2.30. The van der Waals surface area contributed by atoms with E-state index < -0.39 is 12.0 Å². The zero-order valence-corrected chi connectivity index (χ0v) is 11.5. The van der Waals surface area contributed by atoms with Crippen LogP contribution >= 0.6 is 15.9 Å². The first-order valence-corrected chi connectivity index (χ1v) is 6.42. The number of carbonyl (C=O) groups is 1. The molecular formula is C12H14BrNO4. The quantitative estimate of drug-likeness (QED) is 0.883. The molecule has 3 N–H and O–H groups in total. The van der Waals surface area contributed by atoms with Crippen LogP contribution in [-0.2, 0) is 17.6 Å². The molecule has 98 valence electrons. The first-order valence-electron chi connectivity index (χ1n) is 5.62. The summed E-state index contributed by atoms with van der Waals surface area (Å²) in [5, 5.41) is 8.88. The van der Waals surface area contributed by atoms with Crippen molar-refractivity contribution in [1.82, 2.24) is 0 Å². The summed E-state index contributed by atoms with van der Waals surface area (Å²) in [6.07, 6.45) is 1.01. The molecule has 1 aliphatic rings. The Bertz CT molecular complexity index is 489. The Labute approximate surface area is 113 Å². The van der Waals surface area contributed by atoms with Crippen LogP contribution in [0.5, 0.6) is 11.5 Å². The number of ether oxygens (including phenoxy) is 2. The fourth-order valence-electron chi connectivity index (χ4n) is 2.03. The van der Waals surface area contributed by atoms with Crippen molar-refractivity contribution in [1.29, 1.82) is 0 Å². The Morgan fingerprint density at radius 3 is 2.83 bits per heavy atom. The van der Waals surface area contributed by atoms with Crippen molar-refractivity contribution < 1.29 is 19.4 Å².